The van der Waals surface area contributed by atoms with Gasteiger partial charge in [0.05, 0.1) is 18.4 Å². The lowest BCUT2D eigenvalue weighted by molar-refractivity contribution is -0.136. The number of carbonyl (C=O) groups is 3. The maximum Gasteiger partial charge on any atom is 0.313 e. The van der Waals surface area contributed by atoms with E-state index in [0.29, 0.717) is 12.3 Å². The van der Waals surface area contributed by atoms with Crippen LogP contribution in [0.25, 0.3) is 0 Å². The van der Waals surface area contributed by atoms with Crippen LogP contribution in [0.4, 0.5) is 5.69 Å². The third-order valence-electron chi connectivity index (χ3n) is 4.33. The molecule has 0 aliphatic rings. The molecule has 0 aliphatic heterocycles. The lowest BCUT2D eigenvalue weighted by atomic mass is 10.1. The Hall–Kier alpha value is -3.39. The fraction of sp³-hybridized carbons (Fsp3) is 0.318. The molecule has 3 amide bonds. The number of carbonyl (C=O) groups excluding carboxylic acids is 3. The fourth-order valence-corrected chi connectivity index (χ4v) is 2.77. The summed E-state index contributed by atoms with van der Waals surface area (Å²) < 4.78 is 5.28. The van der Waals surface area contributed by atoms with Crippen molar-refractivity contribution in [1.82, 2.24) is 15.5 Å². The maximum absolute atomic E-state index is 12.7. The highest BCUT2D eigenvalue weighted by atomic mass is 16.5. The number of nitrogens with one attached hydrogen (secondary N) is 3. The minimum atomic E-state index is -0.815. The highest BCUT2D eigenvalue weighted by Gasteiger charge is 2.17. The molecule has 2 rings (SSSR count). The van der Waals surface area contributed by atoms with Gasteiger partial charge in [-0.05, 0) is 45.3 Å². The summed E-state index contributed by atoms with van der Waals surface area (Å²) in [6.45, 7) is 1.46. The van der Waals surface area contributed by atoms with Crippen molar-refractivity contribution in [1.29, 1.82) is 0 Å². The van der Waals surface area contributed by atoms with Crippen LogP contribution in [0.5, 0.6) is 5.75 Å². The molecule has 3 N–H and O–H groups in total. The Morgan fingerprint density at radius 3 is 2.37 bits per heavy atom. The Morgan fingerprint density at radius 2 is 1.63 bits per heavy atom. The number of hydrogen-bond acceptors (Lipinski definition) is 5. The van der Waals surface area contributed by atoms with Crippen molar-refractivity contribution in [3.05, 3.63) is 59.7 Å². The van der Waals surface area contributed by atoms with Crippen LogP contribution in [0.1, 0.15) is 22.3 Å². The van der Waals surface area contributed by atoms with Crippen LogP contribution in [0, 0.1) is 0 Å². The average Bonchev–Trinajstić information content (AvgIpc) is 2.75. The number of rotatable bonds is 9. The second-order valence-electron chi connectivity index (χ2n) is 6.91. The SMILES string of the molecule is COc1ccccc1CNC(=O)c1ccccc1NC(=O)C(=O)NCCCN(C)C. The molecule has 8 heteroatoms. The number of hydrogen-bond donors (Lipinski definition) is 3. The van der Waals surface area contributed by atoms with Gasteiger partial charge in [-0.3, -0.25) is 14.4 Å². The summed E-state index contributed by atoms with van der Waals surface area (Å²) in [4.78, 5) is 38.8. The van der Waals surface area contributed by atoms with Crippen LogP contribution in [0.2, 0.25) is 0 Å². The van der Waals surface area contributed by atoms with E-state index in [2.05, 4.69) is 16.0 Å². The largest absolute Gasteiger partial charge is 0.496 e. The Labute approximate surface area is 176 Å². The van der Waals surface area contributed by atoms with Crippen LogP contribution in [0.3, 0.4) is 0 Å². The molecule has 0 fully saturated rings. The highest BCUT2D eigenvalue weighted by Crippen LogP contribution is 2.18. The fourth-order valence-electron chi connectivity index (χ4n) is 2.77. The smallest absolute Gasteiger partial charge is 0.313 e. The van der Waals surface area contributed by atoms with Crippen molar-refractivity contribution in [3.63, 3.8) is 0 Å². The number of amides is 3. The normalized spacial score (nSPS) is 10.4. The third kappa shape index (κ3) is 6.89. The van der Waals surface area contributed by atoms with Gasteiger partial charge in [0, 0.05) is 18.7 Å². The molecule has 2 aromatic carbocycles. The number of anilines is 1. The first kappa shape index (κ1) is 22.9. The van der Waals surface area contributed by atoms with Gasteiger partial charge in [0.2, 0.25) is 0 Å². The molecule has 0 saturated heterocycles. The summed E-state index contributed by atoms with van der Waals surface area (Å²) in [7, 11) is 5.44. The Kier molecular flexibility index (Phi) is 8.83. The monoisotopic (exact) mass is 412 g/mol. The van der Waals surface area contributed by atoms with Crippen LogP contribution in [-0.2, 0) is 16.1 Å². The quantitative estimate of drug-likeness (QED) is 0.429. The zero-order valence-electron chi connectivity index (χ0n) is 17.5. The minimum absolute atomic E-state index is 0.261. The molecule has 0 heterocycles. The summed E-state index contributed by atoms with van der Waals surface area (Å²) in [5, 5.41) is 7.90. The van der Waals surface area contributed by atoms with E-state index in [4.69, 9.17) is 4.74 Å². The van der Waals surface area contributed by atoms with Gasteiger partial charge in [0.1, 0.15) is 5.75 Å². The van der Waals surface area contributed by atoms with Crippen LogP contribution >= 0.6 is 0 Å². The van der Waals surface area contributed by atoms with E-state index in [1.165, 1.54) is 0 Å². The van der Waals surface area contributed by atoms with E-state index in [1.807, 2.05) is 43.3 Å². The number of methoxy groups -OCH3 is 1. The Morgan fingerprint density at radius 1 is 0.933 bits per heavy atom. The first-order valence-electron chi connectivity index (χ1n) is 9.65. The van der Waals surface area contributed by atoms with E-state index >= 15 is 0 Å². The van der Waals surface area contributed by atoms with Crippen molar-refractivity contribution in [2.45, 2.75) is 13.0 Å². The van der Waals surface area contributed by atoms with E-state index in [0.717, 1.165) is 18.5 Å². The third-order valence-corrected chi connectivity index (χ3v) is 4.33. The van der Waals surface area contributed by atoms with Crippen LogP contribution < -0.4 is 20.7 Å². The van der Waals surface area contributed by atoms with E-state index in [-0.39, 0.29) is 23.7 Å². The maximum atomic E-state index is 12.7. The number of benzene rings is 2. The molecule has 8 nitrogen and oxygen atoms in total. The molecule has 0 bridgehead atoms. The second kappa shape index (κ2) is 11.6. The minimum Gasteiger partial charge on any atom is -0.496 e. The Balaban J connectivity index is 1.96. The first-order chi connectivity index (χ1) is 14.4. The summed E-state index contributed by atoms with van der Waals surface area (Å²) in [5.41, 5.74) is 1.36. The molecule has 0 aromatic heterocycles. The summed E-state index contributed by atoms with van der Waals surface area (Å²) in [6.07, 6.45) is 0.730. The van der Waals surface area contributed by atoms with Gasteiger partial charge >= 0.3 is 11.8 Å². The van der Waals surface area contributed by atoms with Crippen molar-refractivity contribution >= 4 is 23.4 Å². The lowest BCUT2D eigenvalue weighted by Crippen LogP contribution is -2.37. The van der Waals surface area contributed by atoms with Gasteiger partial charge in [0.15, 0.2) is 0 Å². The molecule has 0 atom stereocenters. The summed E-state index contributed by atoms with van der Waals surface area (Å²) in [5.74, 6) is -1.25. The van der Waals surface area contributed by atoms with E-state index in [9.17, 15) is 14.4 Å². The van der Waals surface area contributed by atoms with Crippen LogP contribution in [0.15, 0.2) is 48.5 Å². The average molecular weight is 412 g/mol. The van der Waals surface area contributed by atoms with Crippen molar-refractivity contribution in [2.75, 3.05) is 39.6 Å². The number of ether oxygens (including phenoxy) is 1. The molecule has 30 heavy (non-hydrogen) atoms. The molecule has 160 valence electrons. The van der Waals surface area contributed by atoms with Gasteiger partial charge in [-0.2, -0.15) is 0 Å². The van der Waals surface area contributed by atoms with E-state index in [1.54, 1.807) is 31.4 Å². The van der Waals surface area contributed by atoms with E-state index < -0.39 is 11.8 Å². The Bertz CT molecular complexity index is 883. The predicted molar refractivity (Wildman–Crippen MR) is 115 cm³/mol. The van der Waals surface area contributed by atoms with Gasteiger partial charge in [-0.25, -0.2) is 0 Å². The van der Waals surface area contributed by atoms with Gasteiger partial charge in [-0.15, -0.1) is 0 Å². The molecular formula is C22H28N4O4. The van der Waals surface area contributed by atoms with Crippen LogP contribution in [-0.4, -0.2) is 56.9 Å². The number of nitrogens with zero attached hydrogens (tertiary/aromatic N) is 1. The molecular weight excluding hydrogens is 384 g/mol. The predicted octanol–water partition coefficient (Wildman–Crippen LogP) is 1.63. The molecule has 0 unspecified atom stereocenters. The molecule has 0 radical (unpaired) electrons. The van der Waals surface area contributed by atoms with Crippen molar-refractivity contribution < 1.29 is 19.1 Å². The zero-order valence-corrected chi connectivity index (χ0v) is 17.5. The van der Waals surface area contributed by atoms with Gasteiger partial charge in [0.25, 0.3) is 5.91 Å². The topological polar surface area (TPSA) is 99.8 Å². The van der Waals surface area contributed by atoms with Gasteiger partial charge < -0.3 is 25.6 Å². The zero-order chi connectivity index (χ0) is 21.9. The van der Waals surface area contributed by atoms with Gasteiger partial charge in [-0.1, -0.05) is 30.3 Å². The molecule has 0 aliphatic carbocycles. The second-order valence-corrected chi connectivity index (χ2v) is 6.91. The summed E-state index contributed by atoms with van der Waals surface area (Å²) >= 11 is 0. The first-order valence-corrected chi connectivity index (χ1v) is 9.65. The van der Waals surface area contributed by atoms with Crippen molar-refractivity contribution in [2.24, 2.45) is 0 Å². The molecule has 0 spiro atoms. The lowest BCUT2D eigenvalue weighted by Gasteiger charge is -2.13. The van der Waals surface area contributed by atoms with Crippen molar-refractivity contribution in [3.8, 4) is 5.75 Å². The molecule has 2 aromatic rings. The number of para-hydroxylation sites is 2. The summed E-state index contributed by atoms with van der Waals surface area (Å²) in [6, 6.07) is 13.9. The highest BCUT2D eigenvalue weighted by molar-refractivity contribution is 6.40. The standard InChI is InChI=1S/C22H28N4O4/c1-26(2)14-8-13-23-21(28)22(29)25-18-11-6-5-10-17(18)20(27)24-15-16-9-4-7-12-19(16)30-3/h4-7,9-12H,8,13-15H2,1-3H3,(H,23,28)(H,24,27)(H,25,29). The molecule has 0 saturated carbocycles.